The number of furan rings is 1. The van der Waals surface area contributed by atoms with Gasteiger partial charge in [0.15, 0.2) is 0 Å². The predicted octanol–water partition coefficient (Wildman–Crippen LogP) is 2.14. The molecule has 0 radical (unpaired) electrons. The van der Waals surface area contributed by atoms with Gasteiger partial charge in [-0.3, -0.25) is 0 Å². The molecule has 0 bridgehead atoms. The molecule has 2 atom stereocenters. The van der Waals surface area contributed by atoms with Crippen LogP contribution in [0.1, 0.15) is 31.2 Å². The second-order valence-electron chi connectivity index (χ2n) is 3.42. The molecular weight excluding hydrogens is 150 g/mol. The molecule has 0 saturated carbocycles. The Labute approximate surface area is 73.0 Å². The third kappa shape index (κ3) is 1.27. The number of nitrogens with one attached hydrogen (secondary N) is 1. The maximum atomic E-state index is 5.09. The monoisotopic (exact) mass is 165 g/mol. The first-order chi connectivity index (χ1) is 5.92. The second-order valence-corrected chi connectivity index (χ2v) is 3.42. The molecule has 12 heavy (non-hydrogen) atoms. The normalized spacial score (nSPS) is 29.4. The fraction of sp³-hybridized carbons (Fsp3) is 0.600. The van der Waals surface area contributed by atoms with Crippen molar-refractivity contribution in [3.63, 3.8) is 0 Å². The number of hydrogen-bond donors (Lipinski definition) is 1. The molecule has 1 aromatic rings. The van der Waals surface area contributed by atoms with Gasteiger partial charge in [-0.15, -0.1) is 0 Å². The molecule has 1 aliphatic heterocycles. The predicted molar refractivity (Wildman–Crippen MR) is 48.1 cm³/mol. The fourth-order valence-electron chi connectivity index (χ4n) is 2.08. The summed E-state index contributed by atoms with van der Waals surface area (Å²) in [6.07, 6.45) is 6.09. The van der Waals surface area contributed by atoms with Crippen LogP contribution in [-0.4, -0.2) is 12.6 Å². The Bertz CT molecular complexity index is 230. The summed E-state index contributed by atoms with van der Waals surface area (Å²) in [7, 11) is 0. The van der Waals surface area contributed by atoms with Gasteiger partial charge in [0.1, 0.15) is 0 Å². The lowest BCUT2D eigenvalue weighted by atomic mass is 9.93. The zero-order valence-electron chi connectivity index (χ0n) is 7.42. The minimum absolute atomic E-state index is 0.655. The van der Waals surface area contributed by atoms with E-state index in [9.17, 15) is 0 Å². The highest BCUT2D eigenvalue weighted by Gasteiger charge is 2.26. The molecule has 1 aromatic heterocycles. The van der Waals surface area contributed by atoms with E-state index >= 15 is 0 Å². The van der Waals surface area contributed by atoms with Gasteiger partial charge in [-0.25, -0.2) is 0 Å². The first-order valence-corrected chi connectivity index (χ1v) is 4.67. The molecule has 0 aromatic carbocycles. The fourth-order valence-corrected chi connectivity index (χ4v) is 2.08. The summed E-state index contributed by atoms with van der Waals surface area (Å²) in [5.74, 6) is 0.675. The number of rotatable bonds is 2. The zero-order chi connectivity index (χ0) is 8.39. The van der Waals surface area contributed by atoms with Gasteiger partial charge < -0.3 is 9.73 Å². The smallest absolute Gasteiger partial charge is 0.0937 e. The van der Waals surface area contributed by atoms with Gasteiger partial charge in [0.05, 0.1) is 12.5 Å². The van der Waals surface area contributed by atoms with Gasteiger partial charge >= 0.3 is 0 Å². The van der Waals surface area contributed by atoms with E-state index in [1.807, 2.05) is 6.26 Å². The maximum Gasteiger partial charge on any atom is 0.0937 e. The Kier molecular flexibility index (Phi) is 2.17. The molecule has 2 rings (SSSR count). The van der Waals surface area contributed by atoms with Crippen molar-refractivity contribution >= 4 is 0 Å². The summed E-state index contributed by atoms with van der Waals surface area (Å²) < 4.78 is 5.09. The van der Waals surface area contributed by atoms with Crippen molar-refractivity contribution in [2.24, 2.45) is 0 Å². The lowest BCUT2D eigenvalue weighted by Gasteiger charge is -2.15. The Morgan fingerprint density at radius 2 is 2.58 bits per heavy atom. The molecule has 66 valence electrons. The van der Waals surface area contributed by atoms with Crippen molar-refractivity contribution in [2.45, 2.75) is 31.7 Å². The van der Waals surface area contributed by atoms with E-state index < -0.39 is 0 Å². The van der Waals surface area contributed by atoms with E-state index in [4.69, 9.17) is 4.42 Å². The summed E-state index contributed by atoms with van der Waals surface area (Å²) in [6.45, 7) is 3.38. The van der Waals surface area contributed by atoms with Crippen LogP contribution in [0.25, 0.3) is 0 Å². The largest absolute Gasteiger partial charge is 0.472 e. The average molecular weight is 165 g/mol. The Hall–Kier alpha value is -0.760. The van der Waals surface area contributed by atoms with Crippen LogP contribution < -0.4 is 5.32 Å². The molecule has 1 aliphatic rings. The molecule has 1 N–H and O–H groups in total. The van der Waals surface area contributed by atoms with Crippen molar-refractivity contribution in [1.29, 1.82) is 0 Å². The van der Waals surface area contributed by atoms with Crippen molar-refractivity contribution in [3.8, 4) is 0 Å². The Balaban J connectivity index is 2.13. The Morgan fingerprint density at radius 1 is 1.67 bits per heavy atom. The zero-order valence-corrected chi connectivity index (χ0v) is 7.42. The summed E-state index contributed by atoms with van der Waals surface area (Å²) >= 11 is 0. The minimum atomic E-state index is 0.655. The van der Waals surface area contributed by atoms with E-state index in [0.717, 1.165) is 6.54 Å². The van der Waals surface area contributed by atoms with E-state index in [1.165, 1.54) is 18.4 Å². The van der Waals surface area contributed by atoms with Crippen molar-refractivity contribution in [3.05, 3.63) is 24.2 Å². The second kappa shape index (κ2) is 3.31. The first-order valence-electron chi connectivity index (χ1n) is 4.67. The topological polar surface area (TPSA) is 25.2 Å². The summed E-state index contributed by atoms with van der Waals surface area (Å²) in [4.78, 5) is 0. The SMILES string of the molecule is CCC1NCCC1c1ccoc1. The Morgan fingerprint density at radius 3 is 3.25 bits per heavy atom. The molecule has 0 spiro atoms. The van der Waals surface area contributed by atoms with Crippen molar-refractivity contribution < 1.29 is 4.42 Å². The van der Waals surface area contributed by atoms with Gasteiger partial charge in [-0.2, -0.15) is 0 Å². The maximum absolute atomic E-state index is 5.09. The van der Waals surface area contributed by atoms with E-state index in [1.54, 1.807) is 6.26 Å². The van der Waals surface area contributed by atoms with Crippen LogP contribution in [0.5, 0.6) is 0 Å². The van der Waals surface area contributed by atoms with Crippen LogP contribution >= 0.6 is 0 Å². The first kappa shape index (κ1) is 7.87. The lowest BCUT2D eigenvalue weighted by molar-refractivity contribution is 0.517. The standard InChI is InChI=1S/C10H15NO/c1-2-10-9(3-5-11-10)8-4-6-12-7-8/h4,6-7,9-11H,2-3,5H2,1H3. The van der Waals surface area contributed by atoms with Gasteiger partial charge in [0.2, 0.25) is 0 Å². The highest BCUT2D eigenvalue weighted by Crippen LogP contribution is 2.29. The third-order valence-electron chi connectivity index (χ3n) is 2.76. The molecule has 0 aliphatic carbocycles. The van der Waals surface area contributed by atoms with Crippen LogP contribution in [0.3, 0.4) is 0 Å². The third-order valence-corrected chi connectivity index (χ3v) is 2.76. The highest BCUT2D eigenvalue weighted by atomic mass is 16.3. The molecule has 1 fully saturated rings. The van der Waals surface area contributed by atoms with Gasteiger partial charge in [0.25, 0.3) is 0 Å². The van der Waals surface area contributed by atoms with Crippen LogP contribution in [0.4, 0.5) is 0 Å². The van der Waals surface area contributed by atoms with Crippen molar-refractivity contribution in [1.82, 2.24) is 5.32 Å². The van der Waals surface area contributed by atoms with Gasteiger partial charge in [-0.1, -0.05) is 6.92 Å². The molecule has 2 heterocycles. The van der Waals surface area contributed by atoms with Gasteiger partial charge in [0, 0.05) is 12.0 Å². The highest BCUT2D eigenvalue weighted by molar-refractivity contribution is 5.17. The van der Waals surface area contributed by atoms with Crippen LogP contribution in [0.2, 0.25) is 0 Å². The van der Waals surface area contributed by atoms with Crippen LogP contribution in [-0.2, 0) is 0 Å². The van der Waals surface area contributed by atoms with Crippen molar-refractivity contribution in [2.75, 3.05) is 6.54 Å². The lowest BCUT2D eigenvalue weighted by Crippen LogP contribution is -2.24. The summed E-state index contributed by atoms with van der Waals surface area (Å²) in [5.41, 5.74) is 1.35. The van der Waals surface area contributed by atoms with E-state index in [0.29, 0.717) is 12.0 Å². The molecule has 2 unspecified atom stereocenters. The summed E-state index contributed by atoms with van der Waals surface area (Å²) in [6, 6.07) is 2.74. The molecule has 2 heteroatoms. The van der Waals surface area contributed by atoms with E-state index in [2.05, 4.69) is 18.3 Å². The van der Waals surface area contributed by atoms with E-state index in [-0.39, 0.29) is 0 Å². The quantitative estimate of drug-likeness (QED) is 0.726. The van der Waals surface area contributed by atoms with Gasteiger partial charge in [-0.05, 0) is 31.0 Å². The molecule has 0 amide bonds. The molecule has 2 nitrogen and oxygen atoms in total. The number of hydrogen-bond acceptors (Lipinski definition) is 2. The molecular formula is C10H15NO. The molecule has 1 saturated heterocycles. The average Bonchev–Trinajstić information content (AvgIpc) is 2.74. The van der Waals surface area contributed by atoms with Crippen LogP contribution in [0.15, 0.2) is 23.0 Å². The minimum Gasteiger partial charge on any atom is -0.472 e. The summed E-state index contributed by atoms with van der Waals surface area (Å²) in [5, 5.41) is 3.50. The van der Waals surface area contributed by atoms with Crippen LogP contribution in [0, 0.1) is 0 Å².